The average Bonchev–Trinajstić information content (AvgIpc) is 2.95. The highest BCUT2D eigenvalue weighted by atomic mass is 32.1. The van der Waals surface area contributed by atoms with Gasteiger partial charge in [0, 0.05) is 35.6 Å². The van der Waals surface area contributed by atoms with Gasteiger partial charge in [0.05, 0.1) is 6.10 Å². The Kier molecular flexibility index (Phi) is 3.83. The summed E-state index contributed by atoms with van der Waals surface area (Å²) in [7, 11) is 0. The fourth-order valence-electron chi connectivity index (χ4n) is 3.17. The Morgan fingerprint density at radius 2 is 2.00 bits per heavy atom. The van der Waals surface area contributed by atoms with Crippen molar-refractivity contribution in [1.29, 1.82) is 0 Å². The third kappa shape index (κ3) is 2.61. The first kappa shape index (κ1) is 14.3. The van der Waals surface area contributed by atoms with Crippen molar-refractivity contribution in [3.8, 4) is 0 Å². The number of anilines is 1. The van der Waals surface area contributed by atoms with Crippen LogP contribution in [-0.2, 0) is 0 Å². The fourth-order valence-corrected chi connectivity index (χ4v) is 3.35. The number of hydrogen-bond acceptors (Lipinski definition) is 3. The molecule has 3 nitrogen and oxygen atoms in total. The van der Waals surface area contributed by atoms with Gasteiger partial charge in [0.25, 0.3) is 0 Å². The molecule has 1 fully saturated rings. The number of rotatable bonds is 3. The zero-order valence-corrected chi connectivity index (χ0v) is 12.9. The van der Waals surface area contributed by atoms with E-state index >= 15 is 0 Å². The van der Waals surface area contributed by atoms with Crippen LogP contribution in [0, 0.1) is 5.92 Å². The van der Waals surface area contributed by atoms with E-state index in [1.165, 1.54) is 11.1 Å². The minimum atomic E-state index is -0.253. The number of nitrogens with zero attached hydrogens (tertiary/aromatic N) is 1. The van der Waals surface area contributed by atoms with Crippen molar-refractivity contribution in [3.63, 3.8) is 0 Å². The molecule has 0 radical (unpaired) electrons. The molecular formula is C17H20N2OS. The Morgan fingerprint density at radius 3 is 2.62 bits per heavy atom. The van der Waals surface area contributed by atoms with Crippen molar-refractivity contribution in [2.75, 3.05) is 18.0 Å². The van der Waals surface area contributed by atoms with Crippen LogP contribution in [0.25, 0.3) is 10.8 Å². The van der Waals surface area contributed by atoms with Crippen LogP contribution in [0.4, 0.5) is 5.69 Å². The normalized spacial score (nSPS) is 19.9. The monoisotopic (exact) mass is 300 g/mol. The van der Waals surface area contributed by atoms with E-state index in [4.69, 9.17) is 18.0 Å². The van der Waals surface area contributed by atoms with Crippen LogP contribution < -0.4 is 10.6 Å². The summed E-state index contributed by atoms with van der Waals surface area (Å²) in [5, 5.41) is 12.1. The maximum Gasteiger partial charge on any atom is 0.104 e. The van der Waals surface area contributed by atoms with Gasteiger partial charge in [-0.1, -0.05) is 36.5 Å². The molecule has 2 unspecified atom stereocenters. The molecule has 21 heavy (non-hydrogen) atoms. The van der Waals surface area contributed by atoms with Crippen molar-refractivity contribution in [1.82, 2.24) is 0 Å². The van der Waals surface area contributed by atoms with E-state index in [-0.39, 0.29) is 6.10 Å². The molecular weight excluding hydrogens is 280 g/mol. The summed E-state index contributed by atoms with van der Waals surface area (Å²) in [6, 6.07) is 12.3. The van der Waals surface area contributed by atoms with Gasteiger partial charge in [-0.15, -0.1) is 0 Å². The van der Waals surface area contributed by atoms with Gasteiger partial charge >= 0.3 is 0 Å². The Morgan fingerprint density at radius 1 is 1.29 bits per heavy atom. The van der Waals surface area contributed by atoms with Gasteiger partial charge in [0.2, 0.25) is 0 Å². The van der Waals surface area contributed by atoms with Crippen LogP contribution in [0.3, 0.4) is 0 Å². The molecule has 3 rings (SSSR count). The lowest BCUT2D eigenvalue weighted by atomic mass is 10.0. The van der Waals surface area contributed by atoms with Gasteiger partial charge in [0.1, 0.15) is 4.99 Å². The summed E-state index contributed by atoms with van der Waals surface area (Å²) in [5.41, 5.74) is 7.96. The van der Waals surface area contributed by atoms with Gasteiger partial charge < -0.3 is 15.7 Å². The van der Waals surface area contributed by atoms with E-state index in [1.54, 1.807) is 0 Å². The summed E-state index contributed by atoms with van der Waals surface area (Å²) >= 11 is 5.15. The standard InChI is InChI=1S/C17H20N2OS/c1-11(20)12-8-9-19(10-12)16-7-6-15(17(18)21)13-4-2-3-5-14(13)16/h2-7,11-12,20H,8-10H2,1H3,(H2,18,21). The highest BCUT2D eigenvalue weighted by Crippen LogP contribution is 2.33. The number of aliphatic hydroxyl groups is 1. The third-order valence-corrected chi connectivity index (χ3v) is 4.63. The van der Waals surface area contributed by atoms with E-state index in [1.807, 2.05) is 25.1 Å². The highest BCUT2D eigenvalue weighted by Gasteiger charge is 2.27. The molecule has 0 saturated carbocycles. The van der Waals surface area contributed by atoms with Gasteiger partial charge in [-0.25, -0.2) is 0 Å². The van der Waals surface area contributed by atoms with Gasteiger partial charge in [0.15, 0.2) is 0 Å². The summed E-state index contributed by atoms with van der Waals surface area (Å²) in [6.07, 6.45) is 0.778. The minimum absolute atomic E-state index is 0.253. The molecule has 1 aliphatic rings. The largest absolute Gasteiger partial charge is 0.393 e. The van der Waals surface area contributed by atoms with E-state index in [9.17, 15) is 5.11 Å². The smallest absolute Gasteiger partial charge is 0.104 e. The second-order valence-corrected chi connectivity index (χ2v) is 6.22. The molecule has 110 valence electrons. The number of benzene rings is 2. The number of thiocarbonyl (C=S) groups is 1. The van der Waals surface area contributed by atoms with Crippen LogP contribution in [0.2, 0.25) is 0 Å². The van der Waals surface area contributed by atoms with E-state index < -0.39 is 0 Å². The molecule has 2 aromatic rings. The second kappa shape index (κ2) is 5.62. The fraction of sp³-hybridized carbons (Fsp3) is 0.353. The van der Waals surface area contributed by atoms with E-state index in [0.29, 0.717) is 10.9 Å². The highest BCUT2D eigenvalue weighted by molar-refractivity contribution is 7.80. The number of fused-ring (bicyclic) bond motifs is 1. The zero-order valence-electron chi connectivity index (χ0n) is 12.1. The zero-order chi connectivity index (χ0) is 15.0. The molecule has 0 aromatic heterocycles. The minimum Gasteiger partial charge on any atom is -0.393 e. The van der Waals surface area contributed by atoms with E-state index in [0.717, 1.165) is 30.5 Å². The summed E-state index contributed by atoms with van der Waals surface area (Å²) < 4.78 is 0. The molecule has 0 amide bonds. The van der Waals surface area contributed by atoms with Crippen LogP contribution in [0.1, 0.15) is 18.9 Å². The number of hydrogen-bond donors (Lipinski definition) is 2. The molecule has 2 aromatic carbocycles. The first-order valence-corrected chi connectivity index (χ1v) is 7.73. The van der Waals surface area contributed by atoms with E-state index in [2.05, 4.69) is 23.1 Å². The van der Waals surface area contributed by atoms with Crippen LogP contribution in [0.5, 0.6) is 0 Å². The topological polar surface area (TPSA) is 49.5 Å². The number of aliphatic hydroxyl groups excluding tert-OH is 1. The Balaban J connectivity index is 2.05. The first-order chi connectivity index (χ1) is 10.1. The summed E-state index contributed by atoms with van der Waals surface area (Å²) in [6.45, 7) is 3.75. The van der Waals surface area contributed by atoms with Crippen molar-refractivity contribution in [2.45, 2.75) is 19.4 Å². The average molecular weight is 300 g/mol. The predicted molar refractivity (Wildman–Crippen MR) is 91.8 cm³/mol. The Hall–Kier alpha value is -1.65. The molecule has 0 bridgehead atoms. The molecule has 0 aliphatic carbocycles. The SMILES string of the molecule is CC(O)C1CCN(c2ccc(C(N)=S)c3ccccc23)C1. The van der Waals surface area contributed by atoms with Gasteiger partial charge in [-0.05, 0) is 30.9 Å². The van der Waals surface area contributed by atoms with Crippen LogP contribution in [0.15, 0.2) is 36.4 Å². The van der Waals surface area contributed by atoms with Crippen LogP contribution in [-0.4, -0.2) is 29.3 Å². The third-order valence-electron chi connectivity index (χ3n) is 4.41. The molecule has 0 spiro atoms. The number of nitrogens with two attached hydrogens (primary N) is 1. The van der Waals surface area contributed by atoms with Crippen LogP contribution >= 0.6 is 12.2 Å². The van der Waals surface area contributed by atoms with Gasteiger partial charge in [-0.3, -0.25) is 0 Å². The lowest BCUT2D eigenvalue weighted by molar-refractivity contribution is 0.136. The maximum absolute atomic E-state index is 9.79. The van der Waals surface area contributed by atoms with Crippen molar-refractivity contribution >= 4 is 33.7 Å². The Bertz CT molecular complexity index is 684. The molecule has 2 atom stereocenters. The molecule has 4 heteroatoms. The quantitative estimate of drug-likeness (QED) is 0.856. The lowest BCUT2D eigenvalue weighted by Gasteiger charge is -2.22. The van der Waals surface area contributed by atoms with Crippen molar-refractivity contribution < 1.29 is 5.11 Å². The van der Waals surface area contributed by atoms with Gasteiger partial charge in [-0.2, -0.15) is 0 Å². The molecule has 3 N–H and O–H groups in total. The predicted octanol–water partition coefficient (Wildman–Crippen LogP) is 2.68. The Labute approximate surface area is 130 Å². The second-order valence-electron chi connectivity index (χ2n) is 5.78. The van der Waals surface area contributed by atoms with Crippen molar-refractivity contribution in [3.05, 3.63) is 42.0 Å². The molecule has 1 aliphatic heterocycles. The lowest BCUT2D eigenvalue weighted by Crippen LogP contribution is -2.24. The maximum atomic E-state index is 9.79. The molecule has 1 heterocycles. The van der Waals surface area contributed by atoms with Crippen molar-refractivity contribution in [2.24, 2.45) is 11.7 Å². The summed E-state index contributed by atoms with van der Waals surface area (Å²) in [4.78, 5) is 2.78. The molecule has 1 saturated heterocycles. The first-order valence-electron chi connectivity index (χ1n) is 7.32. The summed E-state index contributed by atoms with van der Waals surface area (Å²) in [5.74, 6) is 0.346.